The Bertz CT molecular complexity index is 1170. The molecule has 3 aromatic rings. The van der Waals surface area contributed by atoms with Crippen LogP contribution in [0.5, 0.6) is 0 Å². The van der Waals surface area contributed by atoms with Crippen molar-refractivity contribution >= 4 is 60.2 Å². The van der Waals surface area contributed by atoms with Gasteiger partial charge in [-0.2, -0.15) is 5.10 Å². The van der Waals surface area contributed by atoms with Crippen LogP contribution in [0.15, 0.2) is 91.7 Å². The van der Waals surface area contributed by atoms with Crippen molar-refractivity contribution in [3.63, 3.8) is 0 Å². The molecule has 3 aromatic carbocycles. The third-order valence-corrected chi connectivity index (χ3v) is 7.54. The van der Waals surface area contributed by atoms with Crippen LogP contribution in [0.1, 0.15) is 30.5 Å². The quantitative estimate of drug-likeness (QED) is 0.413. The first kappa shape index (κ1) is 21.9. The van der Waals surface area contributed by atoms with Gasteiger partial charge in [-0.1, -0.05) is 58.4 Å². The van der Waals surface area contributed by atoms with Crippen LogP contribution >= 0.6 is 31.9 Å². The highest BCUT2D eigenvalue weighted by Gasteiger charge is 2.31. The molecule has 1 N–H and O–H groups in total. The summed E-state index contributed by atoms with van der Waals surface area (Å²) in [5, 5.41) is 6.14. The molecule has 0 aliphatic carbocycles. The molecule has 2 unspecified atom stereocenters. The van der Waals surface area contributed by atoms with Crippen molar-refractivity contribution in [2.45, 2.75) is 24.3 Å². The molecule has 4 rings (SSSR count). The van der Waals surface area contributed by atoms with Crippen molar-refractivity contribution in [1.82, 2.24) is 5.01 Å². The molecule has 8 heteroatoms. The number of carbonyl (C=O) groups is 1. The summed E-state index contributed by atoms with van der Waals surface area (Å²) < 4.78 is 17.4. The summed E-state index contributed by atoms with van der Waals surface area (Å²) in [6.07, 6.45) is 0.646. The van der Waals surface area contributed by atoms with E-state index in [2.05, 4.69) is 41.7 Å². The monoisotopic (exact) mass is 559 g/mol. The minimum Gasteiger partial charge on any atom is -0.301 e. The van der Waals surface area contributed by atoms with E-state index in [1.165, 1.54) is 6.92 Å². The molecule has 1 aliphatic heterocycles. The predicted molar refractivity (Wildman–Crippen MR) is 131 cm³/mol. The maximum Gasteiger partial charge on any atom is 0.240 e. The average molecular weight is 561 g/mol. The van der Waals surface area contributed by atoms with E-state index >= 15 is 0 Å². The smallest absolute Gasteiger partial charge is 0.240 e. The highest BCUT2D eigenvalue weighted by molar-refractivity contribution is 9.11. The van der Waals surface area contributed by atoms with Gasteiger partial charge >= 0.3 is 0 Å². The zero-order chi connectivity index (χ0) is 22.0. The van der Waals surface area contributed by atoms with Gasteiger partial charge in [0.25, 0.3) is 0 Å². The molecular formula is C23H19Br2N3O2S. The van der Waals surface area contributed by atoms with Crippen LogP contribution in [0.25, 0.3) is 0 Å². The summed E-state index contributed by atoms with van der Waals surface area (Å²) in [5.41, 5.74) is 3.58. The van der Waals surface area contributed by atoms with Crippen LogP contribution in [0, 0.1) is 0 Å². The Morgan fingerprint density at radius 2 is 1.77 bits per heavy atom. The Hall–Kier alpha value is -2.29. The fourth-order valence-electron chi connectivity index (χ4n) is 3.42. The van der Waals surface area contributed by atoms with E-state index in [1.54, 1.807) is 5.01 Å². The molecule has 1 aliphatic rings. The molecule has 31 heavy (non-hydrogen) atoms. The van der Waals surface area contributed by atoms with Crippen molar-refractivity contribution in [2.24, 2.45) is 5.10 Å². The lowest BCUT2D eigenvalue weighted by Gasteiger charge is -2.20. The first-order chi connectivity index (χ1) is 14.9. The lowest BCUT2D eigenvalue weighted by atomic mass is 9.98. The number of halogens is 2. The van der Waals surface area contributed by atoms with Crippen molar-refractivity contribution < 1.29 is 9.00 Å². The Kier molecular flexibility index (Phi) is 6.69. The van der Waals surface area contributed by atoms with Gasteiger partial charge in [0.05, 0.1) is 16.6 Å². The minimum atomic E-state index is -1.42. The number of rotatable bonds is 5. The molecule has 5 nitrogen and oxygen atoms in total. The van der Waals surface area contributed by atoms with Gasteiger partial charge in [-0.25, -0.2) is 9.22 Å². The third-order valence-electron chi connectivity index (χ3n) is 4.94. The lowest BCUT2D eigenvalue weighted by molar-refractivity contribution is -0.130. The third kappa shape index (κ3) is 4.97. The Balaban J connectivity index is 1.51. The Morgan fingerprint density at radius 1 is 1.06 bits per heavy atom. The molecule has 1 heterocycles. The van der Waals surface area contributed by atoms with Crippen LogP contribution < -0.4 is 4.72 Å². The average Bonchev–Trinajstić information content (AvgIpc) is 3.22. The highest BCUT2D eigenvalue weighted by atomic mass is 79.9. The van der Waals surface area contributed by atoms with E-state index in [4.69, 9.17) is 0 Å². The number of carbonyl (C=O) groups excluding carboxylic acids is 1. The Labute approximate surface area is 200 Å². The summed E-state index contributed by atoms with van der Waals surface area (Å²) >= 11 is 6.85. The second-order valence-electron chi connectivity index (χ2n) is 7.06. The van der Waals surface area contributed by atoms with E-state index in [1.807, 2.05) is 72.8 Å². The molecule has 158 valence electrons. The van der Waals surface area contributed by atoms with Crippen molar-refractivity contribution in [3.05, 3.63) is 92.9 Å². The molecule has 0 spiro atoms. The van der Waals surface area contributed by atoms with Gasteiger partial charge in [-0.3, -0.25) is 4.79 Å². The van der Waals surface area contributed by atoms with E-state index in [0.29, 0.717) is 11.3 Å². The zero-order valence-electron chi connectivity index (χ0n) is 16.6. The standard InChI is InChI=1S/C23H19Br2N3O2S/c1-15(29)28-22(17-5-3-2-4-6-17)14-21(26-28)16-7-10-19(11-8-16)27-31(30)23-13-18(24)9-12-20(23)25/h2-13,22,27H,14H2,1H3. The first-order valence-electron chi connectivity index (χ1n) is 9.58. The van der Waals surface area contributed by atoms with Gasteiger partial charge < -0.3 is 4.72 Å². The van der Waals surface area contributed by atoms with Crippen molar-refractivity contribution in [3.8, 4) is 0 Å². The minimum absolute atomic E-state index is 0.0860. The number of nitrogens with one attached hydrogen (secondary N) is 1. The number of hydrogen-bond acceptors (Lipinski definition) is 3. The SMILES string of the molecule is CC(=O)N1N=C(c2ccc(NS(=O)c3cc(Br)ccc3Br)cc2)CC1c1ccccc1. The molecule has 0 saturated carbocycles. The molecule has 0 aromatic heterocycles. The second-order valence-corrected chi connectivity index (χ2v) is 10.0. The fourth-order valence-corrected chi connectivity index (χ4v) is 5.56. The maximum atomic E-state index is 12.7. The fraction of sp³-hybridized carbons (Fsp3) is 0.130. The molecule has 0 fully saturated rings. The van der Waals surface area contributed by atoms with E-state index in [-0.39, 0.29) is 11.9 Å². The van der Waals surface area contributed by atoms with Crippen LogP contribution in [0.2, 0.25) is 0 Å². The van der Waals surface area contributed by atoms with Gasteiger partial charge in [0, 0.05) is 28.0 Å². The largest absolute Gasteiger partial charge is 0.301 e. The number of hydrogen-bond donors (Lipinski definition) is 1. The van der Waals surface area contributed by atoms with Gasteiger partial charge in [0.15, 0.2) is 11.0 Å². The molecule has 2 atom stereocenters. The van der Waals surface area contributed by atoms with Gasteiger partial charge in [-0.15, -0.1) is 0 Å². The van der Waals surface area contributed by atoms with Crippen LogP contribution in [0.3, 0.4) is 0 Å². The van der Waals surface area contributed by atoms with E-state index in [0.717, 1.165) is 31.5 Å². The molecule has 0 bridgehead atoms. The summed E-state index contributed by atoms with van der Waals surface area (Å²) in [7, 11) is -1.42. The van der Waals surface area contributed by atoms with Gasteiger partial charge in [-0.05, 0) is 57.4 Å². The molecule has 1 amide bonds. The van der Waals surface area contributed by atoms with Crippen LogP contribution in [-0.4, -0.2) is 20.8 Å². The number of nitrogens with zero attached hydrogens (tertiary/aromatic N) is 2. The summed E-state index contributed by atoms with van der Waals surface area (Å²) in [6, 6.07) is 23.0. The van der Waals surface area contributed by atoms with Crippen molar-refractivity contribution in [1.29, 1.82) is 0 Å². The van der Waals surface area contributed by atoms with Gasteiger partial charge in [0.1, 0.15) is 0 Å². The number of anilines is 1. The zero-order valence-corrected chi connectivity index (χ0v) is 20.6. The number of amides is 1. The second kappa shape index (κ2) is 9.46. The van der Waals surface area contributed by atoms with Gasteiger partial charge in [0.2, 0.25) is 5.91 Å². The van der Waals surface area contributed by atoms with Crippen molar-refractivity contribution in [2.75, 3.05) is 4.72 Å². The maximum absolute atomic E-state index is 12.7. The summed E-state index contributed by atoms with van der Waals surface area (Å²) in [5.74, 6) is -0.0860. The Morgan fingerprint density at radius 3 is 2.45 bits per heavy atom. The molecule has 0 saturated heterocycles. The van der Waals surface area contributed by atoms with E-state index < -0.39 is 11.0 Å². The number of benzene rings is 3. The summed E-state index contributed by atoms with van der Waals surface area (Å²) in [4.78, 5) is 12.8. The molecule has 0 radical (unpaired) electrons. The lowest BCUT2D eigenvalue weighted by Crippen LogP contribution is -2.24. The highest BCUT2D eigenvalue weighted by Crippen LogP contribution is 2.33. The van der Waals surface area contributed by atoms with Crippen LogP contribution in [-0.2, 0) is 15.8 Å². The first-order valence-corrected chi connectivity index (χ1v) is 12.3. The molecular weight excluding hydrogens is 542 g/mol. The van der Waals surface area contributed by atoms with Crippen LogP contribution in [0.4, 0.5) is 5.69 Å². The summed E-state index contributed by atoms with van der Waals surface area (Å²) in [6.45, 7) is 1.53. The number of hydrazone groups is 1. The van der Waals surface area contributed by atoms with E-state index in [9.17, 15) is 9.00 Å². The topological polar surface area (TPSA) is 61.8 Å². The predicted octanol–water partition coefficient (Wildman–Crippen LogP) is 6.04. The normalized spacial score (nSPS) is 16.7.